The van der Waals surface area contributed by atoms with Crippen LogP contribution in [0.2, 0.25) is 0 Å². The molecule has 2 aliphatic rings. The predicted octanol–water partition coefficient (Wildman–Crippen LogP) is 1.43. The van der Waals surface area contributed by atoms with E-state index in [-0.39, 0.29) is 30.2 Å². The summed E-state index contributed by atoms with van der Waals surface area (Å²) in [5.74, 6) is -2.60. The lowest BCUT2D eigenvalue weighted by Crippen LogP contribution is -2.37. The van der Waals surface area contributed by atoms with Gasteiger partial charge in [0.2, 0.25) is 11.8 Å². The van der Waals surface area contributed by atoms with E-state index in [0.717, 1.165) is 17.7 Å². The first-order chi connectivity index (χ1) is 11.1. The molecule has 0 aromatic carbocycles. The molecule has 6 nitrogen and oxygen atoms in total. The third-order valence-corrected chi connectivity index (χ3v) is 4.68. The molecule has 118 valence electrons. The molecule has 1 aromatic rings. The molecule has 2 heterocycles. The van der Waals surface area contributed by atoms with Crippen molar-refractivity contribution in [2.75, 3.05) is 6.54 Å². The van der Waals surface area contributed by atoms with Crippen molar-refractivity contribution in [2.45, 2.75) is 31.6 Å². The second-order valence-electron chi connectivity index (χ2n) is 6.04. The number of carbonyl (C=O) groups is 3. The Hall–Kier alpha value is -2.55. The third-order valence-electron chi connectivity index (χ3n) is 4.68. The highest BCUT2D eigenvalue weighted by Gasteiger charge is 2.48. The van der Waals surface area contributed by atoms with Crippen LogP contribution in [-0.4, -0.2) is 34.0 Å². The number of hydrogen-bond acceptors (Lipinski definition) is 5. The minimum atomic E-state index is -1.06. The Bertz CT molecular complexity index is 656. The van der Waals surface area contributed by atoms with Gasteiger partial charge in [0.25, 0.3) is 0 Å². The number of ketones is 1. The molecule has 1 saturated carbocycles. The van der Waals surface area contributed by atoms with Gasteiger partial charge in [0.05, 0.1) is 30.1 Å². The SMILES string of the molecule is N#C[C@H](C(=O)CN1C(=O)[C@@H]2CCCC[C@H]2C1=O)c1ccccn1. The summed E-state index contributed by atoms with van der Waals surface area (Å²) < 4.78 is 0. The number of hydrogen-bond donors (Lipinski definition) is 0. The number of imide groups is 1. The van der Waals surface area contributed by atoms with Crippen LogP contribution in [-0.2, 0) is 14.4 Å². The Labute approximate surface area is 134 Å². The number of Topliss-reactive ketones (excluding diaryl/α,β-unsaturated/α-hetero) is 1. The first kappa shape index (κ1) is 15.3. The number of amides is 2. The molecule has 3 atom stereocenters. The van der Waals surface area contributed by atoms with Gasteiger partial charge in [-0.25, -0.2) is 0 Å². The van der Waals surface area contributed by atoms with Gasteiger partial charge >= 0.3 is 0 Å². The molecular weight excluding hydrogens is 294 g/mol. The smallest absolute Gasteiger partial charge is 0.233 e. The Balaban J connectivity index is 1.76. The second-order valence-corrected chi connectivity index (χ2v) is 6.04. The fraction of sp³-hybridized carbons (Fsp3) is 0.471. The molecule has 0 unspecified atom stereocenters. The number of aromatic nitrogens is 1. The molecule has 1 saturated heterocycles. The van der Waals surface area contributed by atoms with E-state index in [1.165, 1.54) is 6.20 Å². The molecule has 0 N–H and O–H groups in total. The van der Waals surface area contributed by atoms with Crippen LogP contribution in [0.3, 0.4) is 0 Å². The summed E-state index contributed by atoms with van der Waals surface area (Å²) >= 11 is 0. The lowest BCUT2D eigenvalue weighted by molar-refractivity contribution is -0.143. The zero-order valence-corrected chi connectivity index (χ0v) is 12.6. The highest BCUT2D eigenvalue weighted by molar-refractivity contribution is 6.08. The van der Waals surface area contributed by atoms with Crippen LogP contribution >= 0.6 is 0 Å². The number of carbonyl (C=O) groups excluding carboxylic acids is 3. The van der Waals surface area contributed by atoms with Crippen molar-refractivity contribution in [1.82, 2.24) is 9.88 Å². The van der Waals surface area contributed by atoms with Crippen LogP contribution < -0.4 is 0 Å². The molecule has 1 aliphatic carbocycles. The minimum Gasteiger partial charge on any atom is -0.296 e. The monoisotopic (exact) mass is 311 g/mol. The number of rotatable bonds is 4. The minimum absolute atomic E-state index is 0.259. The second kappa shape index (κ2) is 6.29. The summed E-state index contributed by atoms with van der Waals surface area (Å²) in [6.45, 7) is -0.334. The molecular formula is C17H17N3O3. The van der Waals surface area contributed by atoms with Crippen LogP contribution in [0.5, 0.6) is 0 Å². The average molecular weight is 311 g/mol. The highest BCUT2D eigenvalue weighted by Crippen LogP contribution is 2.38. The van der Waals surface area contributed by atoms with Crippen molar-refractivity contribution in [1.29, 1.82) is 5.26 Å². The maximum atomic E-state index is 12.4. The van der Waals surface area contributed by atoms with E-state index in [2.05, 4.69) is 4.98 Å². The van der Waals surface area contributed by atoms with E-state index in [4.69, 9.17) is 0 Å². The summed E-state index contributed by atoms with van der Waals surface area (Å²) in [6, 6.07) is 6.91. The van der Waals surface area contributed by atoms with Crippen molar-refractivity contribution in [3.05, 3.63) is 30.1 Å². The highest BCUT2D eigenvalue weighted by atomic mass is 16.2. The van der Waals surface area contributed by atoms with Gasteiger partial charge in [-0.3, -0.25) is 24.3 Å². The molecule has 6 heteroatoms. The molecule has 1 aliphatic heterocycles. The van der Waals surface area contributed by atoms with Crippen LogP contribution in [0.1, 0.15) is 37.3 Å². The third kappa shape index (κ3) is 2.74. The Morgan fingerprint density at radius 3 is 2.43 bits per heavy atom. The van der Waals surface area contributed by atoms with Gasteiger partial charge in [0.1, 0.15) is 5.92 Å². The van der Waals surface area contributed by atoms with Gasteiger partial charge in [-0.05, 0) is 25.0 Å². The summed E-state index contributed by atoms with van der Waals surface area (Å²) in [5, 5.41) is 9.26. The summed E-state index contributed by atoms with van der Waals surface area (Å²) in [5.41, 5.74) is 0.344. The summed E-state index contributed by atoms with van der Waals surface area (Å²) in [4.78, 5) is 42.3. The van der Waals surface area contributed by atoms with Crippen molar-refractivity contribution in [3.63, 3.8) is 0 Å². The molecule has 0 radical (unpaired) electrons. The number of fused-ring (bicyclic) bond motifs is 1. The Morgan fingerprint density at radius 2 is 1.91 bits per heavy atom. The van der Waals surface area contributed by atoms with E-state index in [1.54, 1.807) is 18.2 Å². The number of nitrogens with zero attached hydrogens (tertiary/aromatic N) is 3. The average Bonchev–Trinajstić information content (AvgIpc) is 2.82. The van der Waals surface area contributed by atoms with Gasteiger partial charge in [-0.15, -0.1) is 0 Å². The summed E-state index contributed by atoms with van der Waals surface area (Å²) in [7, 11) is 0. The first-order valence-corrected chi connectivity index (χ1v) is 7.82. The lowest BCUT2D eigenvalue weighted by Gasteiger charge is -2.19. The van der Waals surface area contributed by atoms with E-state index < -0.39 is 11.7 Å². The molecule has 0 spiro atoms. The Morgan fingerprint density at radius 1 is 1.26 bits per heavy atom. The topological polar surface area (TPSA) is 91.1 Å². The normalized spacial score (nSPS) is 24.9. The first-order valence-electron chi connectivity index (χ1n) is 7.82. The van der Waals surface area contributed by atoms with E-state index in [1.807, 2.05) is 6.07 Å². The van der Waals surface area contributed by atoms with E-state index >= 15 is 0 Å². The van der Waals surface area contributed by atoms with Crippen molar-refractivity contribution in [2.24, 2.45) is 11.8 Å². The fourth-order valence-electron chi connectivity index (χ4n) is 3.48. The molecule has 0 bridgehead atoms. The zero-order chi connectivity index (χ0) is 16.4. The lowest BCUT2D eigenvalue weighted by atomic mass is 9.81. The van der Waals surface area contributed by atoms with Crippen LogP contribution in [0, 0.1) is 23.2 Å². The van der Waals surface area contributed by atoms with Crippen molar-refractivity contribution in [3.8, 4) is 6.07 Å². The molecule has 1 aromatic heterocycles. The summed E-state index contributed by atoms with van der Waals surface area (Å²) in [6.07, 6.45) is 4.81. The van der Waals surface area contributed by atoms with E-state index in [9.17, 15) is 19.6 Å². The molecule has 2 fully saturated rings. The number of pyridine rings is 1. The molecule has 23 heavy (non-hydrogen) atoms. The Kier molecular flexibility index (Phi) is 4.20. The standard InChI is InChI=1S/C17H17N3O3/c18-9-13(14-7-3-4-8-19-14)15(21)10-20-16(22)11-5-1-2-6-12(11)17(20)23/h3-4,7-8,11-13H,1-2,5-6,10H2/t11-,12-,13+/m1/s1. The van der Waals surface area contributed by atoms with Gasteiger partial charge in [0, 0.05) is 6.20 Å². The van der Waals surface area contributed by atoms with E-state index in [0.29, 0.717) is 18.5 Å². The largest absolute Gasteiger partial charge is 0.296 e. The molecule has 2 amide bonds. The van der Waals surface area contributed by atoms with Crippen LogP contribution in [0.4, 0.5) is 0 Å². The van der Waals surface area contributed by atoms with Crippen LogP contribution in [0.15, 0.2) is 24.4 Å². The molecule has 3 rings (SSSR count). The number of nitriles is 1. The van der Waals surface area contributed by atoms with Gasteiger partial charge < -0.3 is 0 Å². The van der Waals surface area contributed by atoms with Crippen molar-refractivity contribution < 1.29 is 14.4 Å². The van der Waals surface area contributed by atoms with Gasteiger partial charge in [0.15, 0.2) is 5.78 Å². The predicted molar refractivity (Wildman–Crippen MR) is 79.8 cm³/mol. The van der Waals surface area contributed by atoms with Gasteiger partial charge in [-0.2, -0.15) is 5.26 Å². The van der Waals surface area contributed by atoms with Crippen molar-refractivity contribution >= 4 is 17.6 Å². The van der Waals surface area contributed by atoms with Gasteiger partial charge in [-0.1, -0.05) is 18.9 Å². The number of likely N-dealkylation sites (tertiary alicyclic amines) is 1. The van der Waals surface area contributed by atoms with Crippen LogP contribution in [0.25, 0.3) is 0 Å². The maximum Gasteiger partial charge on any atom is 0.233 e. The fourth-order valence-corrected chi connectivity index (χ4v) is 3.48. The maximum absolute atomic E-state index is 12.4. The quantitative estimate of drug-likeness (QED) is 0.785. The zero-order valence-electron chi connectivity index (χ0n) is 12.6.